The highest BCUT2D eigenvalue weighted by atomic mass is 16.6. The molecule has 1 fully saturated rings. The Balaban J connectivity index is 1.34. The van der Waals surface area contributed by atoms with E-state index in [9.17, 15) is 14.9 Å². The number of rotatable bonds is 4. The summed E-state index contributed by atoms with van der Waals surface area (Å²) in [5.41, 5.74) is 2.57. The number of non-ortho nitro benzene ring substituents is 1. The van der Waals surface area contributed by atoms with E-state index in [1.165, 1.54) is 12.1 Å². The predicted octanol–water partition coefficient (Wildman–Crippen LogP) is 3.13. The smallest absolute Gasteiger partial charge is 0.321 e. The molecule has 1 aliphatic rings. The summed E-state index contributed by atoms with van der Waals surface area (Å²) in [5, 5.41) is 17.9. The van der Waals surface area contributed by atoms with Gasteiger partial charge >= 0.3 is 6.03 Å². The molecule has 148 valence electrons. The fourth-order valence-electron chi connectivity index (χ4n) is 3.30. The molecule has 0 atom stereocenters. The number of nitrogens with one attached hydrogen (secondary N) is 1. The standard InChI is InChI=1S/C20H20N6O3/c27-20(22-16-3-1-4-19(15-16)25-10-2-9-21-25)24-13-11-23(12-14-24)17-5-7-18(8-6-17)26(28)29/h1-10,15H,11-14H2,(H,22,27). The molecule has 0 unspecified atom stereocenters. The summed E-state index contributed by atoms with van der Waals surface area (Å²) in [4.78, 5) is 26.9. The summed E-state index contributed by atoms with van der Waals surface area (Å²) >= 11 is 0. The molecule has 4 rings (SSSR count). The van der Waals surface area contributed by atoms with Gasteiger partial charge in [0.15, 0.2) is 0 Å². The fourth-order valence-corrected chi connectivity index (χ4v) is 3.30. The van der Waals surface area contributed by atoms with Crippen molar-refractivity contribution in [2.75, 3.05) is 36.4 Å². The molecule has 3 aromatic rings. The van der Waals surface area contributed by atoms with Crippen LogP contribution in [0, 0.1) is 10.1 Å². The Kier molecular flexibility index (Phi) is 5.10. The van der Waals surface area contributed by atoms with Gasteiger partial charge in [-0.05, 0) is 36.4 Å². The number of urea groups is 1. The lowest BCUT2D eigenvalue weighted by atomic mass is 10.2. The lowest BCUT2D eigenvalue weighted by Gasteiger charge is -2.36. The molecule has 1 saturated heterocycles. The Morgan fingerprint density at radius 3 is 2.41 bits per heavy atom. The molecule has 0 spiro atoms. The van der Waals surface area contributed by atoms with Gasteiger partial charge in [0.25, 0.3) is 5.69 Å². The molecule has 2 heterocycles. The number of nitrogens with zero attached hydrogens (tertiary/aromatic N) is 5. The van der Waals surface area contributed by atoms with Crippen molar-refractivity contribution < 1.29 is 9.72 Å². The number of aromatic nitrogens is 2. The third-order valence-electron chi connectivity index (χ3n) is 4.86. The van der Waals surface area contributed by atoms with Gasteiger partial charge < -0.3 is 15.1 Å². The molecule has 0 bridgehead atoms. The van der Waals surface area contributed by atoms with Gasteiger partial charge in [0.05, 0.1) is 10.6 Å². The minimum absolute atomic E-state index is 0.0732. The Morgan fingerprint density at radius 2 is 1.76 bits per heavy atom. The topological polar surface area (TPSA) is 96.5 Å². The molecule has 9 heteroatoms. The van der Waals surface area contributed by atoms with Crippen LogP contribution in [0.4, 0.5) is 21.9 Å². The van der Waals surface area contributed by atoms with Crippen molar-refractivity contribution in [1.82, 2.24) is 14.7 Å². The maximum absolute atomic E-state index is 12.6. The van der Waals surface area contributed by atoms with E-state index in [2.05, 4.69) is 15.3 Å². The minimum Gasteiger partial charge on any atom is -0.368 e. The molecule has 0 radical (unpaired) electrons. The van der Waals surface area contributed by atoms with Crippen LogP contribution in [-0.2, 0) is 0 Å². The molecule has 0 saturated carbocycles. The van der Waals surface area contributed by atoms with E-state index in [1.807, 2.05) is 36.5 Å². The van der Waals surface area contributed by atoms with E-state index in [0.29, 0.717) is 31.9 Å². The predicted molar refractivity (Wildman–Crippen MR) is 109 cm³/mol. The highest BCUT2D eigenvalue weighted by Gasteiger charge is 2.22. The maximum atomic E-state index is 12.6. The number of nitro groups is 1. The largest absolute Gasteiger partial charge is 0.368 e. The summed E-state index contributed by atoms with van der Waals surface area (Å²) in [6.07, 6.45) is 3.55. The van der Waals surface area contributed by atoms with Gasteiger partial charge in [-0.15, -0.1) is 0 Å². The van der Waals surface area contributed by atoms with Gasteiger partial charge in [-0.1, -0.05) is 6.07 Å². The van der Waals surface area contributed by atoms with Crippen molar-refractivity contribution in [3.63, 3.8) is 0 Å². The number of nitro benzene ring substituents is 1. The zero-order valence-electron chi connectivity index (χ0n) is 15.6. The summed E-state index contributed by atoms with van der Waals surface area (Å²) in [5.74, 6) is 0. The lowest BCUT2D eigenvalue weighted by Crippen LogP contribution is -2.50. The van der Waals surface area contributed by atoms with Crippen molar-refractivity contribution in [3.05, 3.63) is 77.1 Å². The Bertz CT molecular complexity index is 995. The second kappa shape index (κ2) is 8.01. The monoisotopic (exact) mass is 392 g/mol. The highest BCUT2D eigenvalue weighted by Crippen LogP contribution is 2.21. The first kappa shape index (κ1) is 18.5. The van der Waals surface area contributed by atoms with E-state index >= 15 is 0 Å². The Labute approximate surface area is 167 Å². The third kappa shape index (κ3) is 4.18. The molecule has 2 aromatic carbocycles. The van der Waals surface area contributed by atoms with Gasteiger partial charge in [-0.25, -0.2) is 9.48 Å². The average molecular weight is 392 g/mol. The number of amides is 2. The quantitative estimate of drug-likeness (QED) is 0.543. The molecule has 2 amide bonds. The van der Waals surface area contributed by atoms with Crippen LogP contribution in [0.25, 0.3) is 5.69 Å². The molecule has 29 heavy (non-hydrogen) atoms. The van der Waals surface area contributed by atoms with Gasteiger partial charge in [-0.3, -0.25) is 10.1 Å². The molecule has 1 N–H and O–H groups in total. The number of anilines is 2. The van der Waals surface area contributed by atoms with Crippen molar-refractivity contribution >= 4 is 23.1 Å². The number of hydrogen-bond acceptors (Lipinski definition) is 5. The zero-order valence-corrected chi connectivity index (χ0v) is 15.6. The molecule has 9 nitrogen and oxygen atoms in total. The van der Waals surface area contributed by atoms with E-state index in [1.54, 1.807) is 27.9 Å². The van der Waals surface area contributed by atoms with Crippen LogP contribution in [0.2, 0.25) is 0 Å². The average Bonchev–Trinajstić information content (AvgIpc) is 3.29. The minimum atomic E-state index is -0.409. The second-order valence-electron chi connectivity index (χ2n) is 6.68. The van der Waals surface area contributed by atoms with Crippen LogP contribution in [-0.4, -0.2) is 51.8 Å². The molecular weight excluding hydrogens is 372 g/mol. The summed E-state index contributed by atoms with van der Waals surface area (Å²) < 4.78 is 1.73. The number of hydrogen-bond donors (Lipinski definition) is 1. The second-order valence-corrected chi connectivity index (χ2v) is 6.68. The van der Waals surface area contributed by atoms with Crippen molar-refractivity contribution in [1.29, 1.82) is 0 Å². The van der Waals surface area contributed by atoms with Gasteiger partial charge in [0.1, 0.15) is 0 Å². The molecule has 1 aromatic heterocycles. The fraction of sp³-hybridized carbons (Fsp3) is 0.200. The number of benzene rings is 2. The normalized spacial score (nSPS) is 13.9. The highest BCUT2D eigenvalue weighted by molar-refractivity contribution is 5.89. The summed E-state index contributed by atoms with van der Waals surface area (Å²) in [6.45, 7) is 2.47. The first-order chi connectivity index (χ1) is 14.1. The van der Waals surface area contributed by atoms with Gasteiger partial charge in [-0.2, -0.15) is 5.10 Å². The van der Waals surface area contributed by atoms with Crippen LogP contribution in [0.15, 0.2) is 67.0 Å². The third-order valence-corrected chi connectivity index (χ3v) is 4.86. The van der Waals surface area contributed by atoms with E-state index in [-0.39, 0.29) is 11.7 Å². The summed E-state index contributed by atoms with van der Waals surface area (Å²) in [7, 11) is 0. The van der Waals surface area contributed by atoms with E-state index in [0.717, 1.165) is 11.4 Å². The Morgan fingerprint density at radius 1 is 1.00 bits per heavy atom. The van der Waals surface area contributed by atoms with Crippen molar-refractivity contribution in [2.24, 2.45) is 0 Å². The maximum Gasteiger partial charge on any atom is 0.321 e. The van der Waals surface area contributed by atoms with E-state index < -0.39 is 4.92 Å². The SMILES string of the molecule is O=C(Nc1cccc(-n2cccn2)c1)N1CCN(c2ccc([N+](=O)[O-])cc2)CC1. The number of carbonyl (C=O) groups is 1. The van der Waals surface area contributed by atoms with Crippen LogP contribution >= 0.6 is 0 Å². The first-order valence-electron chi connectivity index (χ1n) is 9.25. The van der Waals surface area contributed by atoms with Gasteiger partial charge in [0.2, 0.25) is 0 Å². The molecule has 0 aliphatic carbocycles. The summed E-state index contributed by atoms with van der Waals surface area (Å²) in [6, 6.07) is 15.7. The number of carbonyl (C=O) groups excluding carboxylic acids is 1. The van der Waals surface area contributed by atoms with Gasteiger partial charge in [0, 0.05) is 62.1 Å². The van der Waals surface area contributed by atoms with Crippen molar-refractivity contribution in [2.45, 2.75) is 0 Å². The first-order valence-corrected chi connectivity index (χ1v) is 9.25. The number of piperazine rings is 1. The molecular formula is C20H20N6O3. The van der Waals surface area contributed by atoms with E-state index in [4.69, 9.17) is 0 Å². The van der Waals surface area contributed by atoms with Crippen LogP contribution in [0.3, 0.4) is 0 Å². The Hall–Kier alpha value is -3.88. The lowest BCUT2D eigenvalue weighted by molar-refractivity contribution is -0.384. The zero-order chi connectivity index (χ0) is 20.2. The van der Waals surface area contributed by atoms with Crippen molar-refractivity contribution in [3.8, 4) is 5.69 Å². The van der Waals surface area contributed by atoms with Crippen LogP contribution in [0.5, 0.6) is 0 Å². The van der Waals surface area contributed by atoms with Crippen LogP contribution in [0.1, 0.15) is 0 Å². The molecule has 1 aliphatic heterocycles. The van der Waals surface area contributed by atoms with Crippen LogP contribution < -0.4 is 10.2 Å².